The number of nitrogens with one attached hydrogen (secondary N) is 2. The number of likely N-dealkylation sites (tertiary alicyclic amines) is 1. The summed E-state index contributed by atoms with van der Waals surface area (Å²) in [5, 5.41) is 6.19. The van der Waals surface area contributed by atoms with Crippen molar-refractivity contribution in [1.82, 2.24) is 20.4 Å². The second kappa shape index (κ2) is 8.89. The fourth-order valence-corrected chi connectivity index (χ4v) is 2.91. The van der Waals surface area contributed by atoms with Gasteiger partial charge in [0, 0.05) is 25.7 Å². The maximum absolute atomic E-state index is 12.0. The summed E-state index contributed by atoms with van der Waals surface area (Å²) in [6, 6.07) is 7.60. The molecule has 0 unspecified atom stereocenters. The smallest absolute Gasteiger partial charge is 0.317 e. The molecule has 24 heavy (non-hydrogen) atoms. The highest BCUT2D eigenvalue weighted by Gasteiger charge is 2.24. The van der Waals surface area contributed by atoms with E-state index in [4.69, 9.17) is 11.6 Å². The monoisotopic (exact) mass is 352 g/mol. The molecule has 1 aromatic carbocycles. The lowest BCUT2D eigenvalue weighted by molar-refractivity contribution is -0.120. The van der Waals surface area contributed by atoms with Crippen LogP contribution in [-0.2, 0) is 4.79 Å². The molecule has 0 radical (unpaired) electrons. The van der Waals surface area contributed by atoms with Crippen LogP contribution in [0.2, 0.25) is 5.02 Å². The predicted octanol–water partition coefficient (Wildman–Crippen LogP) is 1.86. The van der Waals surface area contributed by atoms with Gasteiger partial charge in [-0.3, -0.25) is 9.69 Å². The average molecular weight is 353 g/mol. The molecule has 7 heteroatoms. The quantitative estimate of drug-likeness (QED) is 0.821. The second-order valence-corrected chi connectivity index (χ2v) is 6.60. The number of nitrogens with zero attached hydrogens (tertiary/aromatic N) is 2. The number of hydrogen-bond donors (Lipinski definition) is 2. The third kappa shape index (κ3) is 5.39. The highest BCUT2D eigenvalue weighted by atomic mass is 35.5. The van der Waals surface area contributed by atoms with Crippen molar-refractivity contribution < 1.29 is 9.59 Å². The van der Waals surface area contributed by atoms with Gasteiger partial charge in [-0.15, -0.1) is 0 Å². The fraction of sp³-hybridized carbons (Fsp3) is 0.529. The number of amides is 3. The fourth-order valence-electron chi connectivity index (χ4n) is 2.78. The number of carbonyl (C=O) groups is 2. The Kier molecular flexibility index (Phi) is 6.87. The van der Waals surface area contributed by atoms with Gasteiger partial charge in [0.25, 0.3) is 0 Å². The van der Waals surface area contributed by atoms with Crippen molar-refractivity contribution in [2.75, 3.05) is 40.3 Å². The molecule has 1 aliphatic rings. The van der Waals surface area contributed by atoms with Crippen molar-refractivity contribution in [3.63, 3.8) is 0 Å². The van der Waals surface area contributed by atoms with Crippen LogP contribution in [0.4, 0.5) is 4.79 Å². The van der Waals surface area contributed by atoms with E-state index in [0.717, 1.165) is 18.7 Å². The van der Waals surface area contributed by atoms with Gasteiger partial charge in [-0.1, -0.05) is 23.7 Å². The van der Waals surface area contributed by atoms with Gasteiger partial charge in [0.2, 0.25) is 5.91 Å². The van der Waals surface area contributed by atoms with E-state index in [1.54, 1.807) is 14.1 Å². The third-order valence-electron chi connectivity index (χ3n) is 4.14. The first-order chi connectivity index (χ1) is 11.5. The molecular formula is C17H25ClN4O2. The van der Waals surface area contributed by atoms with Gasteiger partial charge in [0.1, 0.15) is 0 Å². The summed E-state index contributed by atoms with van der Waals surface area (Å²) in [5.74, 6) is -0.191. The molecule has 1 aromatic rings. The summed E-state index contributed by atoms with van der Waals surface area (Å²) >= 11 is 5.97. The molecule has 132 valence electrons. The van der Waals surface area contributed by atoms with E-state index in [9.17, 15) is 9.59 Å². The normalized spacial score (nSPS) is 15.8. The van der Waals surface area contributed by atoms with Gasteiger partial charge < -0.3 is 15.5 Å². The summed E-state index contributed by atoms with van der Waals surface area (Å²) in [6.07, 6.45) is 2.36. The van der Waals surface area contributed by atoms with Crippen molar-refractivity contribution in [3.8, 4) is 0 Å². The molecule has 1 saturated heterocycles. The maximum Gasteiger partial charge on any atom is 0.317 e. The SMILES string of the molecule is CN(C)C(=O)NCC(=O)NC[C@H](c1ccc(Cl)cc1)N1CCCC1. The number of urea groups is 1. The Morgan fingerprint density at radius 2 is 1.79 bits per heavy atom. The highest BCUT2D eigenvalue weighted by molar-refractivity contribution is 6.30. The van der Waals surface area contributed by atoms with Crippen molar-refractivity contribution >= 4 is 23.5 Å². The number of carbonyl (C=O) groups excluding carboxylic acids is 2. The van der Waals surface area contributed by atoms with Crippen LogP contribution >= 0.6 is 11.6 Å². The lowest BCUT2D eigenvalue weighted by Gasteiger charge is -2.28. The molecule has 3 amide bonds. The van der Waals surface area contributed by atoms with E-state index in [2.05, 4.69) is 15.5 Å². The summed E-state index contributed by atoms with van der Waals surface area (Å²) < 4.78 is 0. The zero-order valence-corrected chi connectivity index (χ0v) is 15.0. The highest BCUT2D eigenvalue weighted by Crippen LogP contribution is 2.25. The number of benzene rings is 1. The first kappa shape index (κ1) is 18.5. The molecule has 1 fully saturated rings. The predicted molar refractivity (Wildman–Crippen MR) is 95.1 cm³/mol. The minimum absolute atomic E-state index is 0.0235. The van der Waals surface area contributed by atoms with Crippen LogP contribution in [0.25, 0.3) is 0 Å². The molecular weight excluding hydrogens is 328 g/mol. The lowest BCUT2D eigenvalue weighted by atomic mass is 10.1. The average Bonchev–Trinajstić information content (AvgIpc) is 3.08. The third-order valence-corrected chi connectivity index (χ3v) is 4.39. The number of rotatable bonds is 6. The largest absolute Gasteiger partial charge is 0.353 e. The van der Waals surface area contributed by atoms with Gasteiger partial charge in [0.05, 0.1) is 12.6 Å². The molecule has 2 N–H and O–H groups in total. The zero-order chi connectivity index (χ0) is 17.5. The molecule has 6 nitrogen and oxygen atoms in total. The van der Waals surface area contributed by atoms with E-state index in [1.807, 2.05) is 24.3 Å². The molecule has 0 spiro atoms. The summed E-state index contributed by atoms with van der Waals surface area (Å²) in [5.41, 5.74) is 1.14. The van der Waals surface area contributed by atoms with Gasteiger partial charge >= 0.3 is 6.03 Å². The Hall–Kier alpha value is -1.79. The Balaban J connectivity index is 1.92. The molecule has 0 bridgehead atoms. The summed E-state index contributed by atoms with van der Waals surface area (Å²) in [6.45, 7) is 2.55. The minimum atomic E-state index is -0.279. The van der Waals surface area contributed by atoms with Crippen molar-refractivity contribution in [2.24, 2.45) is 0 Å². The van der Waals surface area contributed by atoms with Crippen LogP contribution in [0.15, 0.2) is 24.3 Å². The lowest BCUT2D eigenvalue weighted by Crippen LogP contribution is -2.43. The van der Waals surface area contributed by atoms with Crippen LogP contribution in [0, 0.1) is 0 Å². The molecule has 0 aromatic heterocycles. The standard InChI is InChI=1S/C17H25ClN4O2/c1-21(2)17(24)20-12-16(23)19-11-15(22-9-3-4-10-22)13-5-7-14(18)8-6-13/h5-8,15H,3-4,9-12H2,1-2H3,(H,19,23)(H,20,24)/t15-/m1/s1. The van der Waals surface area contributed by atoms with Crippen LogP contribution in [0.1, 0.15) is 24.4 Å². The topological polar surface area (TPSA) is 64.7 Å². The van der Waals surface area contributed by atoms with Gasteiger partial charge in [-0.05, 0) is 43.6 Å². The van der Waals surface area contributed by atoms with E-state index >= 15 is 0 Å². The Labute approximate surface area is 148 Å². The van der Waals surface area contributed by atoms with Crippen LogP contribution in [0.5, 0.6) is 0 Å². The van der Waals surface area contributed by atoms with Crippen molar-refractivity contribution in [2.45, 2.75) is 18.9 Å². The number of hydrogen-bond acceptors (Lipinski definition) is 3. The first-order valence-electron chi connectivity index (χ1n) is 8.18. The van der Waals surface area contributed by atoms with E-state index in [0.29, 0.717) is 11.6 Å². The van der Waals surface area contributed by atoms with Gasteiger partial charge in [-0.25, -0.2) is 4.79 Å². The molecule has 1 heterocycles. The van der Waals surface area contributed by atoms with Gasteiger partial charge in [-0.2, -0.15) is 0 Å². The Morgan fingerprint density at radius 3 is 2.38 bits per heavy atom. The zero-order valence-electron chi connectivity index (χ0n) is 14.2. The van der Waals surface area contributed by atoms with E-state index in [1.165, 1.54) is 17.7 Å². The maximum atomic E-state index is 12.0. The minimum Gasteiger partial charge on any atom is -0.353 e. The Bertz CT molecular complexity index is 556. The van der Waals surface area contributed by atoms with Crippen LogP contribution in [0.3, 0.4) is 0 Å². The summed E-state index contributed by atoms with van der Waals surface area (Å²) in [4.78, 5) is 27.2. The van der Waals surface area contributed by atoms with Crippen molar-refractivity contribution in [3.05, 3.63) is 34.9 Å². The molecule has 1 aliphatic heterocycles. The van der Waals surface area contributed by atoms with Crippen LogP contribution in [-0.4, -0.2) is 62.0 Å². The van der Waals surface area contributed by atoms with E-state index < -0.39 is 0 Å². The second-order valence-electron chi connectivity index (χ2n) is 6.17. The number of halogens is 1. The van der Waals surface area contributed by atoms with Crippen molar-refractivity contribution in [1.29, 1.82) is 0 Å². The molecule has 0 saturated carbocycles. The van der Waals surface area contributed by atoms with Gasteiger partial charge in [0.15, 0.2) is 0 Å². The molecule has 0 aliphatic carbocycles. The van der Waals surface area contributed by atoms with E-state index in [-0.39, 0.29) is 24.5 Å². The Morgan fingerprint density at radius 1 is 1.17 bits per heavy atom. The molecule has 2 rings (SSSR count). The summed E-state index contributed by atoms with van der Waals surface area (Å²) in [7, 11) is 3.27. The molecule has 1 atom stereocenters. The van der Waals surface area contributed by atoms with Crippen LogP contribution < -0.4 is 10.6 Å². The first-order valence-corrected chi connectivity index (χ1v) is 8.56.